The van der Waals surface area contributed by atoms with E-state index in [2.05, 4.69) is 12.2 Å². The van der Waals surface area contributed by atoms with Crippen molar-refractivity contribution in [3.8, 4) is 0 Å². The van der Waals surface area contributed by atoms with Crippen molar-refractivity contribution in [2.75, 3.05) is 13.1 Å². The maximum atomic E-state index is 12.6. The number of carbonyl (C=O) groups excluding carboxylic acids is 1. The van der Waals surface area contributed by atoms with Crippen molar-refractivity contribution in [2.24, 2.45) is 5.92 Å². The highest BCUT2D eigenvalue weighted by Gasteiger charge is 2.36. The molecule has 1 aliphatic carbocycles. The van der Waals surface area contributed by atoms with E-state index in [1.807, 2.05) is 0 Å². The molecule has 2 heterocycles. The van der Waals surface area contributed by atoms with E-state index in [-0.39, 0.29) is 35.5 Å². The Hall–Kier alpha value is -1.87. The smallest absolute Gasteiger partial charge is 0.371 e. The van der Waals surface area contributed by atoms with E-state index < -0.39 is 21.8 Å². The Kier molecular flexibility index (Phi) is 5.62. The number of furan rings is 1. The molecule has 27 heavy (non-hydrogen) atoms. The van der Waals surface area contributed by atoms with Gasteiger partial charge in [0.15, 0.2) is 0 Å². The van der Waals surface area contributed by atoms with E-state index in [0.717, 1.165) is 37.8 Å². The number of hydrogen-bond donors (Lipinski definition) is 2. The normalized spacial score (nSPS) is 21.7. The molecule has 2 aliphatic rings. The first-order valence-corrected chi connectivity index (χ1v) is 10.8. The van der Waals surface area contributed by atoms with Gasteiger partial charge in [-0.3, -0.25) is 4.79 Å². The molecule has 2 fully saturated rings. The number of hydrogen-bond acceptors (Lipinski definition) is 5. The fourth-order valence-corrected chi connectivity index (χ4v) is 5.30. The number of amides is 1. The highest BCUT2D eigenvalue weighted by molar-refractivity contribution is 7.89. The lowest BCUT2D eigenvalue weighted by molar-refractivity contribution is -0.128. The molecular formula is C18H26N2O6S. The molecule has 0 atom stereocenters. The largest absolute Gasteiger partial charge is 0.475 e. The molecule has 0 radical (unpaired) electrons. The van der Waals surface area contributed by atoms with Crippen LogP contribution in [-0.4, -0.2) is 48.3 Å². The fourth-order valence-electron chi connectivity index (χ4n) is 3.92. The summed E-state index contributed by atoms with van der Waals surface area (Å²) in [6.07, 6.45) is 6.29. The number of carboxylic acid groups (broad SMARTS) is 1. The second-order valence-electron chi connectivity index (χ2n) is 7.71. The maximum Gasteiger partial charge on any atom is 0.371 e. The van der Waals surface area contributed by atoms with Gasteiger partial charge in [-0.25, -0.2) is 13.2 Å². The van der Waals surface area contributed by atoms with Gasteiger partial charge >= 0.3 is 5.97 Å². The van der Waals surface area contributed by atoms with Crippen LogP contribution in [0.15, 0.2) is 21.6 Å². The number of rotatable bonds is 5. The van der Waals surface area contributed by atoms with Gasteiger partial charge in [0.2, 0.25) is 16.8 Å². The minimum absolute atomic E-state index is 0.00242. The topological polar surface area (TPSA) is 117 Å². The molecule has 0 spiro atoms. The van der Waals surface area contributed by atoms with Crippen LogP contribution in [-0.2, 0) is 14.8 Å². The number of nitrogens with one attached hydrogen (secondary N) is 1. The molecule has 9 heteroatoms. The van der Waals surface area contributed by atoms with Gasteiger partial charge in [0.1, 0.15) is 0 Å². The first-order valence-electron chi connectivity index (χ1n) is 9.37. The Morgan fingerprint density at radius 3 is 2.37 bits per heavy atom. The lowest BCUT2D eigenvalue weighted by atomic mass is 9.82. The second kappa shape index (κ2) is 7.63. The van der Waals surface area contributed by atoms with Gasteiger partial charge in [0.05, 0.1) is 0 Å². The van der Waals surface area contributed by atoms with Crippen LogP contribution in [0.3, 0.4) is 0 Å². The molecule has 2 N–H and O–H groups in total. The lowest BCUT2D eigenvalue weighted by Crippen LogP contribution is -2.51. The molecule has 0 aromatic carbocycles. The Labute approximate surface area is 159 Å². The van der Waals surface area contributed by atoms with Crippen molar-refractivity contribution in [1.29, 1.82) is 0 Å². The van der Waals surface area contributed by atoms with Gasteiger partial charge in [-0.15, -0.1) is 0 Å². The predicted octanol–water partition coefficient (Wildman–Crippen LogP) is 2.22. The number of aromatic carboxylic acids is 1. The fraction of sp³-hybridized carbons (Fsp3) is 0.667. The molecule has 1 aromatic heterocycles. The van der Waals surface area contributed by atoms with Crippen LogP contribution in [0, 0.1) is 5.92 Å². The SMILES string of the molecule is CC1(NC(=O)C2CCN(S(=O)(=O)c3ccc(C(=O)O)o3)CC2)CCCCC1. The molecule has 1 saturated heterocycles. The first kappa shape index (κ1) is 19.9. The quantitative estimate of drug-likeness (QED) is 0.785. The van der Waals surface area contributed by atoms with E-state index >= 15 is 0 Å². The molecule has 1 aromatic rings. The van der Waals surface area contributed by atoms with Gasteiger partial charge in [-0.05, 0) is 44.7 Å². The minimum Gasteiger partial charge on any atom is -0.475 e. The Morgan fingerprint density at radius 2 is 1.81 bits per heavy atom. The Morgan fingerprint density at radius 1 is 1.19 bits per heavy atom. The van der Waals surface area contributed by atoms with E-state index in [4.69, 9.17) is 9.52 Å². The van der Waals surface area contributed by atoms with E-state index in [1.54, 1.807) is 0 Å². The third-order valence-corrected chi connectivity index (χ3v) is 7.37. The standard InChI is InChI=1S/C18H26N2O6S/c1-18(9-3-2-4-10-18)19-16(21)13-7-11-20(12-8-13)27(24,25)15-6-5-14(26-15)17(22)23/h5-6,13H,2-4,7-12H2,1H3,(H,19,21)(H,22,23). The van der Waals surface area contributed by atoms with Gasteiger partial charge in [0, 0.05) is 24.5 Å². The van der Waals surface area contributed by atoms with Crippen LogP contribution < -0.4 is 5.32 Å². The summed E-state index contributed by atoms with van der Waals surface area (Å²) in [6, 6.07) is 2.28. The van der Waals surface area contributed by atoms with Crippen LogP contribution in [0.5, 0.6) is 0 Å². The van der Waals surface area contributed by atoms with E-state index in [9.17, 15) is 18.0 Å². The van der Waals surface area contributed by atoms with Gasteiger partial charge in [-0.1, -0.05) is 19.3 Å². The molecule has 0 bridgehead atoms. The summed E-state index contributed by atoms with van der Waals surface area (Å²) in [7, 11) is -3.89. The van der Waals surface area contributed by atoms with E-state index in [1.165, 1.54) is 10.7 Å². The van der Waals surface area contributed by atoms with Crippen molar-refractivity contribution >= 4 is 21.9 Å². The maximum absolute atomic E-state index is 12.6. The average molecular weight is 398 g/mol. The molecule has 0 unspecified atom stereocenters. The van der Waals surface area contributed by atoms with Gasteiger partial charge < -0.3 is 14.8 Å². The number of carboxylic acids is 1. The van der Waals surface area contributed by atoms with Crippen LogP contribution >= 0.6 is 0 Å². The summed E-state index contributed by atoms with van der Waals surface area (Å²) >= 11 is 0. The highest BCUT2D eigenvalue weighted by atomic mass is 32.2. The summed E-state index contributed by atoms with van der Waals surface area (Å²) in [5.74, 6) is -1.93. The summed E-state index contributed by atoms with van der Waals surface area (Å²) in [5, 5.41) is 11.7. The van der Waals surface area contributed by atoms with Gasteiger partial charge in [-0.2, -0.15) is 4.31 Å². The van der Waals surface area contributed by atoms with Crippen LogP contribution in [0.2, 0.25) is 0 Å². The van der Waals surface area contributed by atoms with Gasteiger partial charge in [0.25, 0.3) is 10.0 Å². The Bertz CT molecular complexity index is 802. The zero-order valence-electron chi connectivity index (χ0n) is 15.4. The van der Waals surface area contributed by atoms with Crippen LogP contribution in [0.4, 0.5) is 0 Å². The number of nitrogens with zero attached hydrogens (tertiary/aromatic N) is 1. The Balaban J connectivity index is 1.59. The lowest BCUT2D eigenvalue weighted by Gasteiger charge is -2.37. The highest BCUT2D eigenvalue weighted by Crippen LogP contribution is 2.30. The summed E-state index contributed by atoms with van der Waals surface area (Å²) in [6.45, 7) is 2.50. The van der Waals surface area contributed by atoms with Crippen molar-refractivity contribution in [2.45, 2.75) is 62.5 Å². The predicted molar refractivity (Wildman–Crippen MR) is 96.8 cm³/mol. The minimum atomic E-state index is -3.89. The zero-order chi connectivity index (χ0) is 19.7. The molecule has 1 aliphatic heterocycles. The third-order valence-electron chi connectivity index (χ3n) is 5.59. The third kappa shape index (κ3) is 4.35. The summed E-state index contributed by atoms with van der Waals surface area (Å²) < 4.78 is 31.4. The summed E-state index contributed by atoms with van der Waals surface area (Å²) in [5.41, 5.74) is -0.153. The number of piperidine rings is 1. The van der Waals surface area contributed by atoms with Crippen molar-refractivity contribution < 1.29 is 27.5 Å². The van der Waals surface area contributed by atoms with Crippen LogP contribution in [0.25, 0.3) is 0 Å². The average Bonchev–Trinajstić information content (AvgIpc) is 3.13. The number of sulfonamides is 1. The molecular weight excluding hydrogens is 372 g/mol. The van der Waals surface area contributed by atoms with Crippen molar-refractivity contribution in [3.63, 3.8) is 0 Å². The molecule has 8 nitrogen and oxygen atoms in total. The molecule has 3 rings (SSSR count). The molecule has 1 amide bonds. The van der Waals surface area contributed by atoms with Crippen molar-refractivity contribution in [1.82, 2.24) is 9.62 Å². The first-order chi connectivity index (χ1) is 12.7. The summed E-state index contributed by atoms with van der Waals surface area (Å²) in [4.78, 5) is 23.5. The van der Waals surface area contributed by atoms with E-state index in [0.29, 0.717) is 12.8 Å². The monoisotopic (exact) mass is 398 g/mol. The zero-order valence-corrected chi connectivity index (χ0v) is 16.3. The molecule has 150 valence electrons. The van der Waals surface area contributed by atoms with Crippen molar-refractivity contribution in [3.05, 3.63) is 17.9 Å². The second-order valence-corrected chi connectivity index (χ2v) is 9.58. The molecule has 1 saturated carbocycles. The van der Waals surface area contributed by atoms with Crippen LogP contribution in [0.1, 0.15) is 62.4 Å². The number of carbonyl (C=O) groups is 2.